The lowest BCUT2D eigenvalue weighted by Crippen LogP contribution is -2.48. The molecule has 2 aliphatic rings. The molecule has 1 N–H and O–H groups in total. The number of aliphatic carboxylic acids is 1. The first kappa shape index (κ1) is 17.7. The van der Waals surface area contributed by atoms with Gasteiger partial charge in [0.2, 0.25) is 0 Å². The zero-order chi connectivity index (χ0) is 17.9. The standard InChI is InChI=1S/C19H25NO5/c1-19(18(22)23)9-2-10-20(13-19)17(21)14-3-5-15(6-4-14)25-16-7-11-24-12-8-16/h3-6,16H,2,7-13H2,1H3,(H,22,23). The number of carboxylic acids is 1. The van der Waals surface area contributed by atoms with Gasteiger partial charge in [-0.3, -0.25) is 9.59 Å². The first-order chi connectivity index (χ1) is 12.0. The number of carbonyl (C=O) groups is 2. The molecule has 1 unspecified atom stereocenters. The third-order valence-corrected chi connectivity index (χ3v) is 5.07. The number of carbonyl (C=O) groups excluding carboxylic acids is 1. The van der Waals surface area contributed by atoms with Crippen LogP contribution in [0.5, 0.6) is 5.75 Å². The van der Waals surface area contributed by atoms with Crippen LogP contribution in [0.4, 0.5) is 0 Å². The van der Waals surface area contributed by atoms with Crippen LogP contribution in [0.1, 0.15) is 43.0 Å². The second-order valence-electron chi connectivity index (χ2n) is 7.15. The van der Waals surface area contributed by atoms with Crippen LogP contribution >= 0.6 is 0 Å². The van der Waals surface area contributed by atoms with Crippen LogP contribution in [0.3, 0.4) is 0 Å². The molecule has 6 heteroatoms. The third kappa shape index (κ3) is 4.12. The van der Waals surface area contributed by atoms with E-state index in [2.05, 4.69) is 0 Å². The lowest BCUT2D eigenvalue weighted by atomic mass is 9.82. The van der Waals surface area contributed by atoms with Crippen molar-refractivity contribution >= 4 is 11.9 Å². The predicted octanol–water partition coefficient (Wildman–Crippen LogP) is 2.57. The maximum Gasteiger partial charge on any atom is 0.311 e. The average molecular weight is 347 g/mol. The predicted molar refractivity (Wildman–Crippen MR) is 91.8 cm³/mol. The van der Waals surface area contributed by atoms with E-state index in [1.54, 1.807) is 24.0 Å². The number of piperidine rings is 1. The molecule has 25 heavy (non-hydrogen) atoms. The van der Waals surface area contributed by atoms with E-state index < -0.39 is 11.4 Å². The van der Waals surface area contributed by atoms with E-state index in [0.29, 0.717) is 24.9 Å². The van der Waals surface area contributed by atoms with Crippen molar-refractivity contribution in [3.05, 3.63) is 29.8 Å². The summed E-state index contributed by atoms with van der Waals surface area (Å²) in [5.74, 6) is -0.215. The van der Waals surface area contributed by atoms with Crippen molar-refractivity contribution in [3.8, 4) is 5.75 Å². The van der Waals surface area contributed by atoms with E-state index in [0.717, 1.165) is 31.8 Å². The summed E-state index contributed by atoms with van der Waals surface area (Å²) in [7, 11) is 0. The molecular formula is C19H25NO5. The topological polar surface area (TPSA) is 76.1 Å². The highest BCUT2D eigenvalue weighted by atomic mass is 16.5. The molecule has 1 aromatic carbocycles. The summed E-state index contributed by atoms with van der Waals surface area (Å²) in [6.07, 6.45) is 3.22. The van der Waals surface area contributed by atoms with Crippen molar-refractivity contribution in [2.24, 2.45) is 5.41 Å². The van der Waals surface area contributed by atoms with Gasteiger partial charge in [-0.05, 0) is 44.0 Å². The van der Waals surface area contributed by atoms with Gasteiger partial charge in [-0.25, -0.2) is 0 Å². The molecule has 0 bridgehead atoms. The highest BCUT2D eigenvalue weighted by Gasteiger charge is 2.39. The summed E-state index contributed by atoms with van der Waals surface area (Å²) >= 11 is 0. The number of benzene rings is 1. The Morgan fingerprint density at radius 3 is 2.56 bits per heavy atom. The van der Waals surface area contributed by atoms with Gasteiger partial charge in [-0.2, -0.15) is 0 Å². The minimum Gasteiger partial charge on any atom is -0.490 e. The molecule has 3 rings (SSSR count). The summed E-state index contributed by atoms with van der Waals surface area (Å²) in [4.78, 5) is 25.8. The molecule has 1 atom stereocenters. The van der Waals surface area contributed by atoms with Crippen molar-refractivity contribution in [1.29, 1.82) is 0 Å². The molecular weight excluding hydrogens is 322 g/mol. The van der Waals surface area contributed by atoms with Gasteiger partial charge in [0.25, 0.3) is 5.91 Å². The van der Waals surface area contributed by atoms with Gasteiger partial charge in [0.1, 0.15) is 11.9 Å². The summed E-state index contributed by atoms with van der Waals surface area (Å²) in [5, 5.41) is 9.40. The molecule has 2 heterocycles. The molecule has 0 aromatic heterocycles. The number of rotatable bonds is 4. The summed E-state index contributed by atoms with van der Waals surface area (Å²) in [5.41, 5.74) is -0.297. The molecule has 1 amide bonds. The molecule has 0 aliphatic carbocycles. The number of hydrogen-bond donors (Lipinski definition) is 1. The number of ether oxygens (including phenoxy) is 2. The monoisotopic (exact) mass is 347 g/mol. The van der Waals surface area contributed by atoms with E-state index in [4.69, 9.17) is 9.47 Å². The SMILES string of the molecule is CC1(C(=O)O)CCCN(C(=O)c2ccc(OC3CCOCC3)cc2)C1. The molecule has 0 radical (unpaired) electrons. The molecule has 136 valence electrons. The number of nitrogens with zero attached hydrogens (tertiary/aromatic N) is 1. The van der Waals surface area contributed by atoms with E-state index in [1.165, 1.54) is 0 Å². The highest BCUT2D eigenvalue weighted by molar-refractivity contribution is 5.94. The lowest BCUT2D eigenvalue weighted by Gasteiger charge is -2.37. The van der Waals surface area contributed by atoms with E-state index in [1.807, 2.05) is 12.1 Å². The van der Waals surface area contributed by atoms with Gasteiger partial charge in [0.05, 0.1) is 18.6 Å². The van der Waals surface area contributed by atoms with E-state index in [9.17, 15) is 14.7 Å². The van der Waals surface area contributed by atoms with Crippen LogP contribution in [-0.4, -0.2) is 54.3 Å². The maximum absolute atomic E-state index is 12.7. The summed E-state index contributed by atoms with van der Waals surface area (Å²) < 4.78 is 11.2. The fourth-order valence-corrected chi connectivity index (χ4v) is 3.43. The van der Waals surface area contributed by atoms with Crippen molar-refractivity contribution in [2.45, 2.75) is 38.7 Å². The highest BCUT2D eigenvalue weighted by Crippen LogP contribution is 2.30. The van der Waals surface area contributed by atoms with Crippen LogP contribution in [-0.2, 0) is 9.53 Å². The van der Waals surface area contributed by atoms with Crippen molar-refractivity contribution in [2.75, 3.05) is 26.3 Å². The lowest BCUT2D eigenvalue weighted by molar-refractivity contribution is -0.150. The van der Waals surface area contributed by atoms with Crippen LogP contribution < -0.4 is 4.74 Å². The van der Waals surface area contributed by atoms with Gasteiger partial charge in [0.15, 0.2) is 0 Å². The summed E-state index contributed by atoms with van der Waals surface area (Å²) in [6, 6.07) is 7.12. The Kier molecular flexibility index (Phi) is 5.27. The van der Waals surface area contributed by atoms with Crippen LogP contribution in [0, 0.1) is 5.41 Å². The van der Waals surface area contributed by atoms with Gasteiger partial charge >= 0.3 is 5.97 Å². The number of hydrogen-bond acceptors (Lipinski definition) is 4. The zero-order valence-corrected chi connectivity index (χ0v) is 14.6. The van der Waals surface area contributed by atoms with Gasteiger partial charge in [-0.15, -0.1) is 0 Å². The Morgan fingerprint density at radius 2 is 1.92 bits per heavy atom. The van der Waals surface area contributed by atoms with Crippen LogP contribution in [0.25, 0.3) is 0 Å². The molecule has 2 saturated heterocycles. The first-order valence-electron chi connectivity index (χ1n) is 8.85. The maximum atomic E-state index is 12.7. The van der Waals surface area contributed by atoms with Gasteiger partial charge in [-0.1, -0.05) is 0 Å². The second-order valence-corrected chi connectivity index (χ2v) is 7.15. The minimum atomic E-state index is -0.861. The Labute approximate surface area is 147 Å². The molecule has 6 nitrogen and oxygen atoms in total. The van der Waals surface area contributed by atoms with E-state index in [-0.39, 0.29) is 18.6 Å². The smallest absolute Gasteiger partial charge is 0.311 e. The Balaban J connectivity index is 1.63. The molecule has 0 spiro atoms. The fourth-order valence-electron chi connectivity index (χ4n) is 3.43. The van der Waals surface area contributed by atoms with Crippen LogP contribution in [0.15, 0.2) is 24.3 Å². The number of likely N-dealkylation sites (tertiary alicyclic amines) is 1. The minimum absolute atomic E-state index is 0.121. The quantitative estimate of drug-likeness (QED) is 0.906. The molecule has 2 fully saturated rings. The number of amides is 1. The Morgan fingerprint density at radius 1 is 1.24 bits per heavy atom. The van der Waals surface area contributed by atoms with Crippen LogP contribution in [0.2, 0.25) is 0 Å². The summed E-state index contributed by atoms with van der Waals surface area (Å²) in [6.45, 7) is 4.00. The second kappa shape index (κ2) is 7.44. The third-order valence-electron chi connectivity index (χ3n) is 5.07. The van der Waals surface area contributed by atoms with Crippen molar-refractivity contribution < 1.29 is 24.2 Å². The average Bonchev–Trinajstić information content (AvgIpc) is 2.62. The van der Waals surface area contributed by atoms with E-state index >= 15 is 0 Å². The molecule has 0 saturated carbocycles. The molecule has 2 aliphatic heterocycles. The molecule has 1 aromatic rings. The van der Waals surface area contributed by atoms with Crippen molar-refractivity contribution in [3.63, 3.8) is 0 Å². The normalized spacial score (nSPS) is 24.8. The fraction of sp³-hybridized carbons (Fsp3) is 0.579. The van der Waals surface area contributed by atoms with Gasteiger partial charge < -0.3 is 19.5 Å². The Hall–Kier alpha value is -2.08. The number of carboxylic acid groups (broad SMARTS) is 1. The largest absolute Gasteiger partial charge is 0.490 e. The zero-order valence-electron chi connectivity index (χ0n) is 14.6. The van der Waals surface area contributed by atoms with Crippen molar-refractivity contribution in [1.82, 2.24) is 4.90 Å². The Bertz CT molecular complexity index is 623. The first-order valence-corrected chi connectivity index (χ1v) is 8.85. The van der Waals surface area contributed by atoms with Gasteiger partial charge in [0, 0.05) is 31.5 Å².